The topological polar surface area (TPSA) is 104 Å². The predicted molar refractivity (Wildman–Crippen MR) is 106 cm³/mol. The van der Waals surface area contributed by atoms with Crippen LogP contribution in [0.2, 0.25) is 0 Å². The van der Waals surface area contributed by atoms with Gasteiger partial charge in [-0.1, -0.05) is 0 Å². The minimum atomic E-state index is -3.89. The number of sulfonamides is 2. The van der Waals surface area contributed by atoms with Gasteiger partial charge in [0.15, 0.2) is 0 Å². The van der Waals surface area contributed by atoms with Gasteiger partial charge in [0.25, 0.3) is 0 Å². The van der Waals surface area contributed by atoms with E-state index in [4.69, 9.17) is 0 Å². The Hall–Kier alpha value is -1.14. The first kappa shape index (κ1) is 20.1. The zero-order valence-electron chi connectivity index (χ0n) is 15.4. The van der Waals surface area contributed by atoms with E-state index < -0.39 is 26.1 Å². The Kier molecular flexibility index (Phi) is 5.24. The molecule has 1 amide bonds. The third kappa shape index (κ3) is 3.95. The fraction of sp³-hybridized carbons (Fsp3) is 0.588. The largest absolute Gasteiger partial charge is 0.341 e. The molecule has 1 atom stereocenters. The molecular weight excluding hydrogens is 422 g/mol. The number of amides is 1. The maximum Gasteiger partial charge on any atom is 0.244 e. The molecule has 1 aromatic carbocycles. The van der Waals surface area contributed by atoms with Crippen molar-refractivity contribution in [2.24, 2.45) is 0 Å². The summed E-state index contributed by atoms with van der Waals surface area (Å²) >= 11 is 1.40. The Morgan fingerprint density at radius 2 is 1.68 bits per heavy atom. The minimum absolute atomic E-state index is 0.00718. The normalized spacial score (nSPS) is 23.7. The van der Waals surface area contributed by atoms with Crippen LogP contribution in [0.1, 0.15) is 25.7 Å². The van der Waals surface area contributed by atoms with E-state index in [-0.39, 0.29) is 33.7 Å². The maximum absolute atomic E-state index is 13.1. The molecule has 1 aliphatic heterocycles. The molecule has 154 valence electrons. The number of carbonyl (C=O) groups is 1. The van der Waals surface area contributed by atoms with E-state index in [1.807, 2.05) is 0 Å². The molecule has 1 saturated heterocycles. The number of hydrogen-bond donors (Lipinski definition) is 1. The van der Waals surface area contributed by atoms with Crippen LogP contribution < -0.4 is 4.72 Å². The van der Waals surface area contributed by atoms with Gasteiger partial charge in [0.2, 0.25) is 26.0 Å². The Morgan fingerprint density at radius 1 is 1.07 bits per heavy atom. The van der Waals surface area contributed by atoms with Gasteiger partial charge in [-0.2, -0.15) is 4.31 Å². The summed E-state index contributed by atoms with van der Waals surface area (Å²) in [6, 6.07) is 4.66. The molecule has 3 fully saturated rings. The molecule has 1 unspecified atom stereocenters. The molecule has 11 heteroatoms. The van der Waals surface area contributed by atoms with Crippen molar-refractivity contribution in [2.75, 3.05) is 18.7 Å². The Bertz CT molecular complexity index is 970. The van der Waals surface area contributed by atoms with Gasteiger partial charge in [-0.25, -0.2) is 21.6 Å². The lowest BCUT2D eigenvalue weighted by Gasteiger charge is -2.26. The summed E-state index contributed by atoms with van der Waals surface area (Å²) in [6.07, 6.45) is 3.56. The van der Waals surface area contributed by atoms with Crippen LogP contribution in [0.3, 0.4) is 0 Å². The molecule has 0 spiro atoms. The van der Waals surface area contributed by atoms with E-state index in [9.17, 15) is 21.6 Å². The number of likely N-dealkylation sites (N-methyl/N-ethyl adjacent to an activating group) is 1. The van der Waals surface area contributed by atoms with Gasteiger partial charge < -0.3 is 4.90 Å². The lowest BCUT2D eigenvalue weighted by molar-refractivity contribution is -0.133. The van der Waals surface area contributed by atoms with Gasteiger partial charge in [0, 0.05) is 24.9 Å². The zero-order chi connectivity index (χ0) is 20.1. The molecule has 4 rings (SSSR count). The Morgan fingerprint density at radius 3 is 2.25 bits per heavy atom. The highest BCUT2D eigenvalue weighted by molar-refractivity contribution is 8.00. The number of hydrogen-bond acceptors (Lipinski definition) is 6. The predicted octanol–water partition coefficient (Wildman–Crippen LogP) is 0.812. The van der Waals surface area contributed by atoms with Crippen molar-refractivity contribution in [1.29, 1.82) is 0 Å². The van der Waals surface area contributed by atoms with E-state index in [2.05, 4.69) is 4.72 Å². The number of nitrogens with one attached hydrogen (secondary N) is 1. The molecule has 0 bridgehead atoms. The van der Waals surface area contributed by atoms with Gasteiger partial charge in [-0.05, 0) is 49.9 Å². The molecular formula is C17H23N3O5S3. The molecule has 1 heterocycles. The lowest BCUT2D eigenvalue weighted by Crippen LogP contribution is -2.48. The molecule has 1 N–H and O–H groups in total. The summed E-state index contributed by atoms with van der Waals surface area (Å²) < 4.78 is 54.5. The van der Waals surface area contributed by atoms with Crippen molar-refractivity contribution in [3.8, 4) is 0 Å². The molecule has 8 nitrogen and oxygen atoms in total. The second kappa shape index (κ2) is 7.28. The zero-order valence-corrected chi connectivity index (χ0v) is 17.9. The molecule has 0 aromatic heterocycles. The smallest absolute Gasteiger partial charge is 0.244 e. The first-order valence-electron chi connectivity index (χ1n) is 9.19. The van der Waals surface area contributed by atoms with Gasteiger partial charge >= 0.3 is 0 Å². The molecule has 1 aromatic rings. The van der Waals surface area contributed by atoms with Gasteiger partial charge in [-0.3, -0.25) is 4.79 Å². The quantitative estimate of drug-likeness (QED) is 0.666. The highest BCUT2D eigenvalue weighted by Gasteiger charge is 2.43. The summed E-state index contributed by atoms with van der Waals surface area (Å²) in [5.74, 6) is 0.455. The molecule has 0 radical (unpaired) electrons. The van der Waals surface area contributed by atoms with E-state index in [0.717, 1.165) is 25.7 Å². The molecule has 2 aliphatic carbocycles. The first-order chi connectivity index (χ1) is 13.2. The fourth-order valence-corrected chi connectivity index (χ4v) is 7.59. The highest BCUT2D eigenvalue weighted by atomic mass is 32.2. The van der Waals surface area contributed by atoms with Crippen molar-refractivity contribution in [2.45, 2.75) is 53.6 Å². The van der Waals surface area contributed by atoms with Crippen LogP contribution in [0.5, 0.6) is 0 Å². The summed E-state index contributed by atoms with van der Waals surface area (Å²) in [5.41, 5.74) is 0. The second-order valence-electron chi connectivity index (χ2n) is 7.46. The molecule has 28 heavy (non-hydrogen) atoms. The standard InChI is InChI=1S/C17H23N3O5S3/c1-19(13-4-5-13)17(21)16-10-26-11-20(16)28(24,25)15-8-6-14(7-9-15)27(22,23)18-12-2-3-12/h6-9,12-13,16,18H,2-5,10-11H2,1H3. The number of carbonyl (C=O) groups excluding carboxylic acids is 1. The van der Waals surface area contributed by atoms with Crippen LogP contribution in [-0.4, -0.2) is 68.8 Å². The van der Waals surface area contributed by atoms with Crippen LogP contribution in [0.4, 0.5) is 0 Å². The summed E-state index contributed by atoms with van der Waals surface area (Å²) in [5, 5.41) is 0. The lowest BCUT2D eigenvalue weighted by atomic mass is 10.3. The van der Waals surface area contributed by atoms with Crippen molar-refractivity contribution in [3.05, 3.63) is 24.3 Å². The SMILES string of the molecule is CN(C(=O)C1CSCN1S(=O)(=O)c1ccc(S(=O)(=O)NC2CC2)cc1)C1CC1. The van der Waals surface area contributed by atoms with E-state index in [0.29, 0.717) is 5.75 Å². The third-order valence-corrected chi connectivity index (χ3v) is 9.79. The van der Waals surface area contributed by atoms with Crippen LogP contribution in [0.25, 0.3) is 0 Å². The fourth-order valence-electron chi connectivity index (χ4n) is 3.15. The van der Waals surface area contributed by atoms with E-state index in [1.54, 1.807) is 11.9 Å². The summed E-state index contributed by atoms with van der Waals surface area (Å²) in [4.78, 5) is 14.4. The summed E-state index contributed by atoms with van der Waals surface area (Å²) in [7, 11) is -5.81. The van der Waals surface area contributed by atoms with Crippen molar-refractivity contribution in [3.63, 3.8) is 0 Å². The molecule has 2 saturated carbocycles. The maximum atomic E-state index is 13.1. The average Bonchev–Trinajstić information content (AvgIpc) is 3.59. The van der Waals surface area contributed by atoms with Crippen LogP contribution in [0.15, 0.2) is 34.1 Å². The van der Waals surface area contributed by atoms with Crippen LogP contribution in [0, 0.1) is 0 Å². The van der Waals surface area contributed by atoms with E-state index in [1.165, 1.54) is 40.3 Å². The molecule has 3 aliphatic rings. The number of rotatable bonds is 7. The van der Waals surface area contributed by atoms with Crippen molar-refractivity contribution < 1.29 is 21.6 Å². The number of nitrogens with zero attached hydrogens (tertiary/aromatic N) is 2. The van der Waals surface area contributed by atoms with Gasteiger partial charge in [0.1, 0.15) is 6.04 Å². The van der Waals surface area contributed by atoms with Crippen molar-refractivity contribution in [1.82, 2.24) is 13.9 Å². The minimum Gasteiger partial charge on any atom is -0.341 e. The average molecular weight is 446 g/mol. The number of benzene rings is 1. The Labute approximate surface area is 169 Å². The number of thioether (sulfide) groups is 1. The van der Waals surface area contributed by atoms with Crippen molar-refractivity contribution >= 4 is 37.7 Å². The van der Waals surface area contributed by atoms with Gasteiger partial charge in [-0.15, -0.1) is 11.8 Å². The van der Waals surface area contributed by atoms with Gasteiger partial charge in [0.05, 0.1) is 15.7 Å². The van der Waals surface area contributed by atoms with Crippen LogP contribution >= 0.6 is 11.8 Å². The van der Waals surface area contributed by atoms with E-state index >= 15 is 0 Å². The van der Waals surface area contributed by atoms with Crippen LogP contribution in [-0.2, 0) is 24.8 Å². The third-order valence-electron chi connectivity index (χ3n) is 5.21. The monoisotopic (exact) mass is 445 g/mol. The highest BCUT2D eigenvalue weighted by Crippen LogP contribution is 2.32. The summed E-state index contributed by atoms with van der Waals surface area (Å²) in [6.45, 7) is 0. The second-order valence-corrected chi connectivity index (χ2v) is 12.1. The first-order valence-corrected chi connectivity index (χ1v) is 13.3. The Balaban J connectivity index is 1.54.